The highest BCUT2D eigenvalue weighted by atomic mass is 16.6. The molecule has 3 aliphatic rings. The Hall–Kier alpha value is -2.71. The average molecular weight is 436 g/mol. The molecule has 0 aromatic carbocycles. The summed E-state index contributed by atoms with van der Waals surface area (Å²) in [7, 11) is 4.82. The number of methoxy groups -OCH3 is 4. The van der Waals surface area contributed by atoms with Crippen molar-refractivity contribution < 1.29 is 42.9 Å². The molecule has 0 unspecified atom stereocenters. The maximum Gasteiger partial charge on any atom is 0.323 e. The number of rotatable bonds is 4. The van der Waals surface area contributed by atoms with Crippen molar-refractivity contribution in [3.05, 3.63) is 12.2 Å². The number of fused-ring (bicyclic) bond motifs is 3. The van der Waals surface area contributed by atoms with Gasteiger partial charge in [0.1, 0.15) is 5.78 Å². The third-order valence-electron chi connectivity index (χ3n) is 7.30. The van der Waals surface area contributed by atoms with E-state index in [1.54, 1.807) is 0 Å². The van der Waals surface area contributed by atoms with Crippen LogP contribution in [0, 0.1) is 34.5 Å². The van der Waals surface area contributed by atoms with Gasteiger partial charge in [-0.1, -0.05) is 12.2 Å². The van der Waals surface area contributed by atoms with Gasteiger partial charge in [-0.05, 0) is 43.4 Å². The molecule has 0 N–H and O–H groups in total. The normalized spacial score (nSPS) is 30.3. The predicted molar refractivity (Wildman–Crippen MR) is 104 cm³/mol. The van der Waals surface area contributed by atoms with E-state index in [1.807, 2.05) is 12.2 Å². The summed E-state index contributed by atoms with van der Waals surface area (Å²) in [6, 6.07) is 0. The lowest BCUT2D eigenvalue weighted by Crippen LogP contribution is -2.55. The van der Waals surface area contributed by atoms with Gasteiger partial charge in [0.05, 0.1) is 28.4 Å². The number of Topliss-reactive ketones (excluding diaryl/α,β-unsaturated/α-hetero) is 1. The van der Waals surface area contributed by atoms with E-state index < -0.39 is 40.6 Å². The average Bonchev–Trinajstić information content (AvgIpc) is 2.80. The lowest BCUT2D eigenvalue weighted by Gasteiger charge is -2.49. The molecule has 0 saturated heterocycles. The largest absolute Gasteiger partial charge is 0.468 e. The number of hydrogen-bond donors (Lipinski definition) is 0. The summed E-state index contributed by atoms with van der Waals surface area (Å²) in [6.45, 7) is 0. The van der Waals surface area contributed by atoms with Crippen LogP contribution in [-0.2, 0) is 42.9 Å². The van der Waals surface area contributed by atoms with E-state index >= 15 is 0 Å². The van der Waals surface area contributed by atoms with Crippen molar-refractivity contribution in [3.8, 4) is 0 Å². The molecule has 0 amide bonds. The van der Waals surface area contributed by atoms with Gasteiger partial charge in [-0.25, -0.2) is 0 Å². The standard InChI is InChI=1S/C22H28O9/c1-28-17(24)21(18(25)29-2)8-7-14-12(9-21)5-6-13-10-22(19(26)30-3,20(27)31-4)11-15(23)16(13)14/h5-6,12-14,16H,7-11H2,1-4H3/t12-,13-,14-,16-/m1/s1. The third kappa shape index (κ3) is 3.43. The minimum Gasteiger partial charge on any atom is -0.468 e. The molecule has 9 heteroatoms. The van der Waals surface area contributed by atoms with Crippen molar-refractivity contribution in [2.24, 2.45) is 34.5 Å². The van der Waals surface area contributed by atoms with E-state index in [2.05, 4.69) is 0 Å². The first kappa shape index (κ1) is 23.0. The fraction of sp³-hybridized carbons (Fsp3) is 0.682. The van der Waals surface area contributed by atoms with Crippen molar-refractivity contribution in [1.82, 2.24) is 0 Å². The first-order chi connectivity index (χ1) is 14.7. The summed E-state index contributed by atoms with van der Waals surface area (Å²) in [6.07, 6.45) is 4.35. The Labute approximate surface area is 180 Å². The maximum absolute atomic E-state index is 13.2. The van der Waals surface area contributed by atoms with Crippen LogP contribution in [-0.4, -0.2) is 58.1 Å². The van der Waals surface area contributed by atoms with E-state index in [0.29, 0.717) is 6.42 Å². The monoisotopic (exact) mass is 436 g/mol. The van der Waals surface area contributed by atoms with Gasteiger partial charge < -0.3 is 18.9 Å². The van der Waals surface area contributed by atoms with Crippen molar-refractivity contribution in [1.29, 1.82) is 0 Å². The van der Waals surface area contributed by atoms with Crippen LogP contribution in [0.1, 0.15) is 32.1 Å². The Morgan fingerprint density at radius 1 is 0.774 bits per heavy atom. The Bertz CT molecular complexity index is 795. The first-order valence-corrected chi connectivity index (χ1v) is 10.3. The molecule has 2 saturated carbocycles. The van der Waals surface area contributed by atoms with Gasteiger partial charge >= 0.3 is 23.9 Å². The van der Waals surface area contributed by atoms with E-state index in [1.165, 1.54) is 28.4 Å². The van der Waals surface area contributed by atoms with Crippen LogP contribution in [0.2, 0.25) is 0 Å². The van der Waals surface area contributed by atoms with Crippen LogP contribution in [0.3, 0.4) is 0 Å². The Morgan fingerprint density at radius 2 is 1.23 bits per heavy atom. The number of ether oxygens (including phenoxy) is 4. The van der Waals surface area contributed by atoms with Crippen molar-refractivity contribution >= 4 is 29.7 Å². The number of allylic oxidation sites excluding steroid dienone is 2. The molecule has 4 atom stereocenters. The predicted octanol–water partition coefficient (Wildman–Crippen LogP) is 1.23. The smallest absolute Gasteiger partial charge is 0.323 e. The molecule has 0 spiro atoms. The molecule has 0 aromatic rings. The fourth-order valence-corrected chi connectivity index (χ4v) is 5.85. The highest BCUT2D eigenvalue weighted by molar-refractivity contribution is 6.05. The van der Waals surface area contributed by atoms with Crippen LogP contribution >= 0.6 is 0 Å². The van der Waals surface area contributed by atoms with Crippen molar-refractivity contribution in [3.63, 3.8) is 0 Å². The van der Waals surface area contributed by atoms with E-state index in [4.69, 9.17) is 18.9 Å². The zero-order chi connectivity index (χ0) is 23.0. The molecule has 0 radical (unpaired) electrons. The zero-order valence-electron chi connectivity index (χ0n) is 18.2. The second-order valence-corrected chi connectivity index (χ2v) is 8.62. The van der Waals surface area contributed by atoms with Gasteiger partial charge in [-0.15, -0.1) is 0 Å². The molecule has 9 nitrogen and oxygen atoms in total. The van der Waals surface area contributed by atoms with Crippen LogP contribution < -0.4 is 0 Å². The van der Waals surface area contributed by atoms with E-state index in [-0.39, 0.29) is 49.2 Å². The Kier molecular flexibility index (Phi) is 6.25. The molecule has 0 heterocycles. The topological polar surface area (TPSA) is 122 Å². The van der Waals surface area contributed by atoms with Crippen LogP contribution in [0.25, 0.3) is 0 Å². The highest BCUT2D eigenvalue weighted by Gasteiger charge is 2.61. The van der Waals surface area contributed by atoms with Crippen molar-refractivity contribution in [2.75, 3.05) is 28.4 Å². The third-order valence-corrected chi connectivity index (χ3v) is 7.30. The number of carbonyl (C=O) groups is 5. The summed E-state index contributed by atoms with van der Waals surface area (Å²) in [5.41, 5.74) is -3.06. The minimum atomic E-state index is -1.66. The molecular formula is C22H28O9. The molecule has 0 aromatic heterocycles. The van der Waals surface area contributed by atoms with Gasteiger partial charge in [-0.3, -0.25) is 24.0 Å². The number of hydrogen-bond acceptors (Lipinski definition) is 9. The zero-order valence-corrected chi connectivity index (χ0v) is 18.2. The summed E-state index contributed by atoms with van der Waals surface area (Å²) >= 11 is 0. The van der Waals surface area contributed by atoms with Gasteiger partial charge in [-0.2, -0.15) is 0 Å². The lowest BCUT2D eigenvalue weighted by molar-refractivity contribution is -0.180. The van der Waals surface area contributed by atoms with E-state index in [9.17, 15) is 24.0 Å². The first-order valence-electron chi connectivity index (χ1n) is 10.3. The number of esters is 4. The minimum absolute atomic E-state index is 0.113. The Morgan fingerprint density at radius 3 is 1.74 bits per heavy atom. The summed E-state index contributed by atoms with van der Waals surface area (Å²) in [5, 5.41) is 0. The van der Waals surface area contributed by atoms with Crippen LogP contribution in [0.15, 0.2) is 12.2 Å². The lowest BCUT2D eigenvalue weighted by atomic mass is 9.52. The van der Waals surface area contributed by atoms with Gasteiger partial charge in [0, 0.05) is 12.3 Å². The molecule has 31 heavy (non-hydrogen) atoms. The quantitative estimate of drug-likeness (QED) is 0.277. The summed E-state index contributed by atoms with van der Waals surface area (Å²) in [4.78, 5) is 63.2. The molecule has 0 bridgehead atoms. The fourth-order valence-electron chi connectivity index (χ4n) is 5.85. The van der Waals surface area contributed by atoms with Crippen LogP contribution in [0.5, 0.6) is 0 Å². The van der Waals surface area contributed by atoms with E-state index in [0.717, 1.165) is 0 Å². The second-order valence-electron chi connectivity index (χ2n) is 8.62. The highest BCUT2D eigenvalue weighted by Crippen LogP contribution is 2.55. The molecule has 170 valence electrons. The Balaban J connectivity index is 1.93. The number of ketones is 1. The van der Waals surface area contributed by atoms with Crippen LogP contribution in [0.4, 0.5) is 0 Å². The molecule has 0 aliphatic heterocycles. The van der Waals surface area contributed by atoms with Crippen molar-refractivity contribution in [2.45, 2.75) is 32.1 Å². The summed E-state index contributed by atoms with van der Waals surface area (Å²) < 4.78 is 19.5. The molecule has 3 aliphatic carbocycles. The second kappa shape index (κ2) is 8.43. The van der Waals surface area contributed by atoms with Gasteiger partial charge in [0.25, 0.3) is 0 Å². The summed E-state index contributed by atoms with van der Waals surface area (Å²) in [5.74, 6) is -4.12. The van der Waals surface area contributed by atoms with Gasteiger partial charge in [0.2, 0.25) is 0 Å². The molecular weight excluding hydrogens is 408 g/mol. The SMILES string of the molecule is COC(=O)C1(C(=O)OC)CC[C@H]2[C@@H]3C(=O)CC(C(=O)OC)(C(=O)OC)C[C@H]3C=C[C@@H]2C1. The maximum atomic E-state index is 13.2. The number of carbonyl (C=O) groups excluding carboxylic acids is 5. The van der Waals surface area contributed by atoms with Gasteiger partial charge in [0.15, 0.2) is 10.8 Å². The molecule has 3 rings (SSSR count). The molecule has 2 fully saturated rings.